The van der Waals surface area contributed by atoms with E-state index in [1.807, 2.05) is 6.07 Å². The maximum atomic E-state index is 10.9. The van der Waals surface area contributed by atoms with Crippen molar-refractivity contribution in [2.45, 2.75) is 0 Å². The summed E-state index contributed by atoms with van der Waals surface area (Å²) in [5, 5.41) is 18.4. The average molecular weight is 200 g/mol. The predicted octanol–water partition coefficient (Wildman–Crippen LogP) is 1.75. The van der Waals surface area contributed by atoms with Gasteiger partial charge in [0.2, 0.25) is 0 Å². The minimum atomic E-state index is -0.966. The maximum Gasteiger partial charge on any atom is 0.352 e. The number of aryl methyl sites for hydroxylation is 1. The number of aromatic nitrogens is 1. The number of rotatable bonds is 1. The SMILES string of the molecule is Cn1c(C(=O)O)cc2cc(C#N)ccc21. The van der Waals surface area contributed by atoms with Gasteiger partial charge in [-0.05, 0) is 24.3 Å². The summed E-state index contributed by atoms with van der Waals surface area (Å²) in [5.74, 6) is -0.966. The van der Waals surface area contributed by atoms with Gasteiger partial charge in [-0.15, -0.1) is 0 Å². The summed E-state index contributed by atoms with van der Waals surface area (Å²) >= 11 is 0. The molecule has 4 nitrogen and oxygen atoms in total. The van der Waals surface area contributed by atoms with E-state index in [0.29, 0.717) is 5.56 Å². The lowest BCUT2D eigenvalue weighted by atomic mass is 10.2. The second-order valence-corrected chi connectivity index (χ2v) is 3.28. The first-order valence-electron chi connectivity index (χ1n) is 4.36. The number of benzene rings is 1. The van der Waals surface area contributed by atoms with E-state index in [2.05, 4.69) is 0 Å². The first kappa shape index (κ1) is 9.28. The fourth-order valence-electron chi connectivity index (χ4n) is 1.62. The minimum absolute atomic E-state index is 0.222. The zero-order chi connectivity index (χ0) is 11.0. The van der Waals surface area contributed by atoms with Crippen LogP contribution in [0, 0.1) is 11.3 Å². The van der Waals surface area contributed by atoms with Gasteiger partial charge in [-0.25, -0.2) is 4.79 Å². The number of carbonyl (C=O) groups is 1. The molecule has 1 aromatic carbocycles. The molecule has 4 heteroatoms. The number of carboxylic acids is 1. The molecule has 0 atom stereocenters. The van der Waals surface area contributed by atoms with Crippen molar-refractivity contribution in [2.75, 3.05) is 0 Å². The Morgan fingerprint density at radius 1 is 1.47 bits per heavy atom. The van der Waals surface area contributed by atoms with E-state index < -0.39 is 5.97 Å². The van der Waals surface area contributed by atoms with Gasteiger partial charge in [-0.3, -0.25) is 0 Å². The molecule has 2 rings (SSSR count). The van der Waals surface area contributed by atoms with Gasteiger partial charge in [0.15, 0.2) is 0 Å². The van der Waals surface area contributed by atoms with Crippen LogP contribution in [-0.2, 0) is 7.05 Å². The quantitative estimate of drug-likeness (QED) is 0.762. The monoisotopic (exact) mass is 200 g/mol. The molecule has 0 saturated heterocycles. The number of nitriles is 1. The molecule has 2 aromatic rings. The molecule has 0 unspecified atom stereocenters. The highest BCUT2D eigenvalue weighted by atomic mass is 16.4. The highest BCUT2D eigenvalue weighted by Crippen LogP contribution is 2.19. The molecule has 0 amide bonds. The molecule has 0 spiro atoms. The first-order chi connectivity index (χ1) is 7.13. The molecule has 1 aromatic heterocycles. The van der Waals surface area contributed by atoms with Crippen LogP contribution in [0.2, 0.25) is 0 Å². The molecule has 1 N–H and O–H groups in total. The molecule has 1 heterocycles. The zero-order valence-electron chi connectivity index (χ0n) is 8.06. The van der Waals surface area contributed by atoms with Crippen LogP contribution >= 0.6 is 0 Å². The molecule has 15 heavy (non-hydrogen) atoms. The standard InChI is InChI=1S/C11H8N2O2/c1-13-9-3-2-7(6-12)4-8(9)5-10(13)11(14)15/h2-5H,1H3,(H,14,15). The number of carboxylic acid groups (broad SMARTS) is 1. The second-order valence-electron chi connectivity index (χ2n) is 3.28. The molecular weight excluding hydrogens is 192 g/mol. The summed E-state index contributed by atoms with van der Waals surface area (Å²) in [6, 6.07) is 8.70. The number of hydrogen-bond acceptors (Lipinski definition) is 2. The van der Waals surface area contributed by atoms with Crippen LogP contribution in [0.4, 0.5) is 0 Å². The molecule has 0 fully saturated rings. The van der Waals surface area contributed by atoms with Gasteiger partial charge >= 0.3 is 5.97 Å². The van der Waals surface area contributed by atoms with Crippen LogP contribution in [0.15, 0.2) is 24.3 Å². The van der Waals surface area contributed by atoms with Crippen LogP contribution in [0.5, 0.6) is 0 Å². The normalized spacial score (nSPS) is 10.1. The largest absolute Gasteiger partial charge is 0.477 e. The lowest BCUT2D eigenvalue weighted by Crippen LogP contribution is -2.03. The average Bonchev–Trinajstić information content (AvgIpc) is 2.55. The van der Waals surface area contributed by atoms with Gasteiger partial charge in [0.1, 0.15) is 5.69 Å². The van der Waals surface area contributed by atoms with E-state index in [1.165, 1.54) is 0 Å². The number of fused-ring (bicyclic) bond motifs is 1. The maximum absolute atomic E-state index is 10.9. The third-order valence-corrected chi connectivity index (χ3v) is 2.39. The minimum Gasteiger partial charge on any atom is -0.477 e. The van der Waals surface area contributed by atoms with E-state index >= 15 is 0 Å². The lowest BCUT2D eigenvalue weighted by Gasteiger charge is -1.98. The molecule has 0 radical (unpaired) electrons. The highest BCUT2D eigenvalue weighted by molar-refractivity contribution is 5.94. The predicted molar refractivity (Wildman–Crippen MR) is 54.6 cm³/mol. The summed E-state index contributed by atoms with van der Waals surface area (Å²) < 4.78 is 1.60. The molecule has 0 aliphatic rings. The third-order valence-electron chi connectivity index (χ3n) is 2.39. The molecule has 0 aliphatic heterocycles. The van der Waals surface area contributed by atoms with Crippen molar-refractivity contribution in [3.63, 3.8) is 0 Å². The molecule has 0 saturated carbocycles. The summed E-state index contributed by atoms with van der Waals surface area (Å²) in [7, 11) is 1.69. The summed E-state index contributed by atoms with van der Waals surface area (Å²) in [5.41, 5.74) is 1.57. The van der Waals surface area contributed by atoms with Gasteiger partial charge < -0.3 is 9.67 Å². The van der Waals surface area contributed by atoms with E-state index in [4.69, 9.17) is 10.4 Å². The van der Waals surface area contributed by atoms with Crippen molar-refractivity contribution in [3.05, 3.63) is 35.5 Å². The Kier molecular flexibility index (Phi) is 1.94. The van der Waals surface area contributed by atoms with Crippen molar-refractivity contribution in [1.82, 2.24) is 4.57 Å². The first-order valence-corrected chi connectivity index (χ1v) is 4.36. The summed E-state index contributed by atoms with van der Waals surface area (Å²) in [4.78, 5) is 10.9. The van der Waals surface area contributed by atoms with E-state index in [1.54, 1.807) is 35.9 Å². The number of nitrogens with zero attached hydrogens (tertiary/aromatic N) is 2. The van der Waals surface area contributed by atoms with Gasteiger partial charge in [-0.1, -0.05) is 0 Å². The molecule has 0 bridgehead atoms. The van der Waals surface area contributed by atoms with Crippen LogP contribution in [0.3, 0.4) is 0 Å². The van der Waals surface area contributed by atoms with E-state index in [-0.39, 0.29) is 5.69 Å². The summed E-state index contributed by atoms with van der Waals surface area (Å²) in [6.45, 7) is 0. The zero-order valence-corrected chi connectivity index (χ0v) is 8.06. The Hall–Kier alpha value is -2.28. The van der Waals surface area contributed by atoms with Crippen molar-refractivity contribution in [2.24, 2.45) is 7.05 Å². The smallest absolute Gasteiger partial charge is 0.352 e. The van der Waals surface area contributed by atoms with Crippen molar-refractivity contribution < 1.29 is 9.90 Å². The Bertz CT molecular complexity index is 590. The van der Waals surface area contributed by atoms with Crippen LogP contribution in [0.25, 0.3) is 10.9 Å². The molecular formula is C11H8N2O2. The second kappa shape index (κ2) is 3.14. The topological polar surface area (TPSA) is 66.0 Å². The highest BCUT2D eigenvalue weighted by Gasteiger charge is 2.11. The lowest BCUT2D eigenvalue weighted by molar-refractivity contribution is 0.0687. The van der Waals surface area contributed by atoms with Gasteiger partial charge in [0.25, 0.3) is 0 Å². The fraction of sp³-hybridized carbons (Fsp3) is 0.0909. The third kappa shape index (κ3) is 1.34. The van der Waals surface area contributed by atoms with Crippen molar-refractivity contribution in [1.29, 1.82) is 5.26 Å². The molecule has 74 valence electrons. The van der Waals surface area contributed by atoms with Crippen LogP contribution in [0.1, 0.15) is 16.1 Å². The van der Waals surface area contributed by atoms with Crippen LogP contribution in [-0.4, -0.2) is 15.6 Å². The van der Waals surface area contributed by atoms with Gasteiger partial charge in [0, 0.05) is 18.0 Å². The van der Waals surface area contributed by atoms with Crippen LogP contribution < -0.4 is 0 Å². The van der Waals surface area contributed by atoms with Gasteiger partial charge in [-0.2, -0.15) is 5.26 Å². The number of hydrogen-bond donors (Lipinski definition) is 1. The summed E-state index contributed by atoms with van der Waals surface area (Å²) in [6.07, 6.45) is 0. The van der Waals surface area contributed by atoms with E-state index in [0.717, 1.165) is 10.9 Å². The van der Waals surface area contributed by atoms with Gasteiger partial charge in [0.05, 0.1) is 11.6 Å². The Labute approximate surface area is 86.0 Å². The van der Waals surface area contributed by atoms with E-state index in [9.17, 15) is 4.79 Å². The Balaban J connectivity index is 2.77. The fourth-order valence-corrected chi connectivity index (χ4v) is 1.62. The Morgan fingerprint density at radius 3 is 2.80 bits per heavy atom. The molecule has 0 aliphatic carbocycles. The van der Waals surface area contributed by atoms with Crippen molar-refractivity contribution in [3.8, 4) is 6.07 Å². The number of aromatic carboxylic acids is 1. The Morgan fingerprint density at radius 2 is 2.20 bits per heavy atom. The van der Waals surface area contributed by atoms with Crippen molar-refractivity contribution >= 4 is 16.9 Å².